The Labute approximate surface area is 148 Å². The number of nitrogens with one attached hydrogen (secondary N) is 1. The number of rotatable bonds is 2. The highest BCUT2D eigenvalue weighted by Gasteiger charge is 2.37. The third kappa shape index (κ3) is 2.95. The molecule has 6 nitrogen and oxygen atoms in total. The molecule has 1 aliphatic heterocycles. The van der Waals surface area contributed by atoms with Gasteiger partial charge in [0.15, 0.2) is 0 Å². The molecular formula is C19H15FN2O4. The van der Waals surface area contributed by atoms with Crippen molar-refractivity contribution < 1.29 is 23.9 Å². The lowest BCUT2D eigenvalue weighted by Crippen LogP contribution is -2.54. The van der Waals surface area contributed by atoms with E-state index < -0.39 is 23.7 Å². The lowest BCUT2D eigenvalue weighted by molar-refractivity contribution is -0.122. The third-order valence-corrected chi connectivity index (χ3v) is 4.02. The number of para-hydroxylation sites is 1. The monoisotopic (exact) mass is 354 g/mol. The fourth-order valence-electron chi connectivity index (χ4n) is 2.75. The third-order valence-electron chi connectivity index (χ3n) is 4.02. The molecule has 0 aliphatic carbocycles. The summed E-state index contributed by atoms with van der Waals surface area (Å²) in [4.78, 5) is 37.5. The van der Waals surface area contributed by atoms with Crippen molar-refractivity contribution in [1.82, 2.24) is 5.32 Å². The summed E-state index contributed by atoms with van der Waals surface area (Å²) in [5.41, 5.74) is 1.09. The van der Waals surface area contributed by atoms with Crippen LogP contribution >= 0.6 is 0 Å². The molecule has 0 atom stereocenters. The SMILES string of the molecule is Cc1cc(/C=C2\C(=O)NC(=O)N(c3ccccc3F)C2=O)cc(C)c1O. The molecule has 0 radical (unpaired) electrons. The summed E-state index contributed by atoms with van der Waals surface area (Å²) in [5, 5.41) is 11.9. The van der Waals surface area contributed by atoms with Gasteiger partial charge in [0.1, 0.15) is 17.1 Å². The number of carbonyl (C=O) groups is 3. The van der Waals surface area contributed by atoms with Crippen molar-refractivity contribution >= 4 is 29.6 Å². The van der Waals surface area contributed by atoms with Gasteiger partial charge in [-0.3, -0.25) is 14.9 Å². The van der Waals surface area contributed by atoms with Gasteiger partial charge in [0.05, 0.1) is 5.69 Å². The first-order valence-corrected chi connectivity index (χ1v) is 7.76. The molecule has 4 amide bonds. The molecule has 1 aliphatic rings. The molecule has 0 spiro atoms. The van der Waals surface area contributed by atoms with E-state index in [1.165, 1.54) is 24.3 Å². The highest BCUT2D eigenvalue weighted by Crippen LogP contribution is 2.27. The first-order valence-electron chi connectivity index (χ1n) is 7.76. The number of amides is 4. The first kappa shape index (κ1) is 17.3. The molecule has 0 aromatic heterocycles. The number of phenolic OH excluding ortho intramolecular Hbond substituents is 1. The van der Waals surface area contributed by atoms with Crippen LogP contribution in [0.5, 0.6) is 5.75 Å². The normalized spacial score (nSPS) is 16.2. The fourth-order valence-corrected chi connectivity index (χ4v) is 2.75. The zero-order valence-electron chi connectivity index (χ0n) is 14.0. The predicted octanol–water partition coefficient (Wildman–Crippen LogP) is 2.81. The molecule has 0 unspecified atom stereocenters. The second kappa shape index (κ2) is 6.44. The van der Waals surface area contributed by atoms with Gasteiger partial charge in [-0.25, -0.2) is 14.1 Å². The van der Waals surface area contributed by atoms with E-state index in [1.54, 1.807) is 26.0 Å². The van der Waals surface area contributed by atoms with Crippen molar-refractivity contribution in [3.8, 4) is 5.75 Å². The van der Waals surface area contributed by atoms with E-state index in [0.717, 1.165) is 6.07 Å². The van der Waals surface area contributed by atoms with E-state index in [2.05, 4.69) is 0 Å². The number of phenols is 1. The van der Waals surface area contributed by atoms with Gasteiger partial charge in [0.25, 0.3) is 11.8 Å². The van der Waals surface area contributed by atoms with Crippen LogP contribution in [0.3, 0.4) is 0 Å². The number of aryl methyl sites for hydroxylation is 2. The second-order valence-corrected chi connectivity index (χ2v) is 5.91. The van der Waals surface area contributed by atoms with Gasteiger partial charge in [-0.15, -0.1) is 0 Å². The standard InChI is InChI=1S/C19H15FN2O4/c1-10-7-12(8-11(2)16(10)23)9-13-17(24)21-19(26)22(18(13)25)15-6-4-3-5-14(15)20/h3-9,23H,1-2H3,(H,21,24,26)/b13-9+. The summed E-state index contributed by atoms with van der Waals surface area (Å²) in [7, 11) is 0. The Hall–Kier alpha value is -3.48. The van der Waals surface area contributed by atoms with E-state index in [0.29, 0.717) is 21.6 Å². The predicted molar refractivity (Wildman–Crippen MR) is 93.0 cm³/mol. The number of carbonyl (C=O) groups excluding carboxylic acids is 3. The average Bonchev–Trinajstić information content (AvgIpc) is 2.58. The van der Waals surface area contributed by atoms with Crippen molar-refractivity contribution in [2.24, 2.45) is 0 Å². The molecule has 2 aromatic rings. The number of aromatic hydroxyl groups is 1. The summed E-state index contributed by atoms with van der Waals surface area (Å²) < 4.78 is 14.0. The lowest BCUT2D eigenvalue weighted by atomic mass is 10.0. The number of anilines is 1. The Morgan fingerprint density at radius 2 is 1.69 bits per heavy atom. The van der Waals surface area contributed by atoms with Gasteiger partial charge in [-0.05, 0) is 60.9 Å². The average molecular weight is 354 g/mol. The molecule has 1 heterocycles. The van der Waals surface area contributed by atoms with Crippen LogP contribution in [0.4, 0.5) is 14.9 Å². The van der Waals surface area contributed by atoms with Crippen molar-refractivity contribution in [3.63, 3.8) is 0 Å². The van der Waals surface area contributed by atoms with Crippen molar-refractivity contribution in [2.45, 2.75) is 13.8 Å². The van der Waals surface area contributed by atoms with Gasteiger partial charge in [0.2, 0.25) is 0 Å². The highest BCUT2D eigenvalue weighted by molar-refractivity contribution is 6.39. The summed E-state index contributed by atoms with van der Waals surface area (Å²) in [6.07, 6.45) is 1.30. The van der Waals surface area contributed by atoms with Gasteiger partial charge >= 0.3 is 6.03 Å². The Morgan fingerprint density at radius 3 is 2.31 bits per heavy atom. The quantitative estimate of drug-likeness (QED) is 0.641. The minimum atomic E-state index is -1.01. The molecule has 1 saturated heterocycles. The summed E-state index contributed by atoms with van der Waals surface area (Å²) in [6, 6.07) is 7.47. The minimum Gasteiger partial charge on any atom is -0.507 e. The second-order valence-electron chi connectivity index (χ2n) is 5.91. The lowest BCUT2D eigenvalue weighted by Gasteiger charge is -2.26. The van der Waals surface area contributed by atoms with Crippen molar-refractivity contribution in [2.75, 3.05) is 4.90 Å². The van der Waals surface area contributed by atoms with E-state index in [9.17, 15) is 23.9 Å². The van der Waals surface area contributed by atoms with Gasteiger partial charge in [-0.2, -0.15) is 0 Å². The smallest absolute Gasteiger partial charge is 0.336 e. The van der Waals surface area contributed by atoms with E-state index in [4.69, 9.17) is 0 Å². The number of hydrogen-bond acceptors (Lipinski definition) is 4. The summed E-state index contributed by atoms with van der Waals surface area (Å²) in [6.45, 7) is 3.37. The van der Waals surface area contributed by atoms with Gasteiger partial charge in [-0.1, -0.05) is 12.1 Å². The summed E-state index contributed by atoms with van der Waals surface area (Å²) >= 11 is 0. The first-order chi connectivity index (χ1) is 12.3. The number of urea groups is 1. The molecule has 7 heteroatoms. The van der Waals surface area contributed by atoms with E-state index >= 15 is 0 Å². The van der Waals surface area contributed by atoms with Crippen LogP contribution in [0, 0.1) is 19.7 Å². The fraction of sp³-hybridized carbons (Fsp3) is 0.105. The zero-order chi connectivity index (χ0) is 19.0. The molecule has 132 valence electrons. The van der Waals surface area contributed by atoms with Crippen LogP contribution in [0.15, 0.2) is 42.0 Å². The van der Waals surface area contributed by atoms with Gasteiger partial charge < -0.3 is 5.11 Å². The topological polar surface area (TPSA) is 86.7 Å². The zero-order valence-corrected chi connectivity index (χ0v) is 14.0. The van der Waals surface area contributed by atoms with Gasteiger partial charge in [0, 0.05) is 0 Å². The maximum absolute atomic E-state index is 14.0. The highest BCUT2D eigenvalue weighted by atomic mass is 19.1. The molecule has 0 bridgehead atoms. The molecule has 2 N–H and O–H groups in total. The Kier molecular flexibility index (Phi) is 4.29. The largest absolute Gasteiger partial charge is 0.507 e. The van der Waals surface area contributed by atoms with E-state index in [1.807, 2.05) is 5.32 Å². The Bertz CT molecular complexity index is 958. The minimum absolute atomic E-state index is 0.120. The number of halogens is 1. The number of barbiturate groups is 1. The van der Waals surface area contributed by atoms with Crippen molar-refractivity contribution in [1.29, 1.82) is 0 Å². The molecule has 3 rings (SSSR count). The van der Waals surface area contributed by atoms with Crippen LogP contribution in [0.25, 0.3) is 6.08 Å². The van der Waals surface area contributed by atoms with E-state index in [-0.39, 0.29) is 17.0 Å². The molecule has 1 fully saturated rings. The number of nitrogens with zero attached hydrogens (tertiary/aromatic N) is 1. The van der Waals surface area contributed by atoms with Crippen LogP contribution in [0.1, 0.15) is 16.7 Å². The number of hydrogen-bond donors (Lipinski definition) is 2. The molecule has 26 heavy (non-hydrogen) atoms. The maximum atomic E-state index is 14.0. The maximum Gasteiger partial charge on any atom is 0.336 e. The number of imide groups is 2. The molecule has 0 saturated carbocycles. The number of benzene rings is 2. The molecular weight excluding hydrogens is 339 g/mol. The van der Waals surface area contributed by atoms with Crippen LogP contribution in [-0.2, 0) is 9.59 Å². The van der Waals surface area contributed by atoms with Crippen LogP contribution in [0.2, 0.25) is 0 Å². The van der Waals surface area contributed by atoms with Crippen molar-refractivity contribution in [3.05, 3.63) is 64.5 Å². The van der Waals surface area contributed by atoms with Crippen LogP contribution in [-0.4, -0.2) is 23.0 Å². The Morgan fingerprint density at radius 1 is 1.08 bits per heavy atom. The Balaban J connectivity index is 2.07. The molecule has 2 aromatic carbocycles. The summed E-state index contributed by atoms with van der Waals surface area (Å²) in [5.74, 6) is -2.43. The van der Waals surface area contributed by atoms with Crippen LogP contribution < -0.4 is 10.2 Å².